The van der Waals surface area contributed by atoms with Crippen LogP contribution in [0.4, 0.5) is 0 Å². The van der Waals surface area contributed by atoms with Crippen molar-refractivity contribution in [3.05, 3.63) is 105 Å². The summed E-state index contributed by atoms with van der Waals surface area (Å²) in [6.45, 7) is 0. The van der Waals surface area contributed by atoms with E-state index in [4.69, 9.17) is 0 Å². The Bertz CT molecular complexity index is 2340. The lowest BCUT2D eigenvalue weighted by atomic mass is 9.82. The van der Waals surface area contributed by atoms with Crippen molar-refractivity contribution in [1.82, 2.24) is 0 Å². The van der Waals surface area contributed by atoms with Crippen LogP contribution in [0.25, 0.3) is 97.0 Å². The smallest absolute Gasteiger partial charge is 0.00150 e. The van der Waals surface area contributed by atoms with E-state index in [0.717, 1.165) is 0 Å². The zero-order valence-corrected chi connectivity index (χ0v) is 23.1. The number of hydrogen-bond acceptors (Lipinski definition) is 3. The van der Waals surface area contributed by atoms with Gasteiger partial charge in [-0.15, -0.1) is 0 Å². The molecule has 0 N–H and O–H groups in total. The molecule has 0 aliphatic rings. The molecule has 180 valence electrons. The molecular weight excluding hydrogens is 529 g/mol. The summed E-state index contributed by atoms with van der Waals surface area (Å²) < 4.78 is 0. The summed E-state index contributed by atoms with van der Waals surface area (Å²) in [7, 11) is 0. The molecule has 7 aromatic carbocycles. The fourth-order valence-electron chi connectivity index (χ4n) is 7.27. The van der Waals surface area contributed by atoms with E-state index in [1.807, 2.05) is 34.0 Å². The fourth-order valence-corrected chi connectivity index (χ4v) is 9.79. The van der Waals surface area contributed by atoms with Gasteiger partial charge in [-0.05, 0) is 80.8 Å². The first kappa shape index (κ1) is 20.9. The van der Waals surface area contributed by atoms with Crippen LogP contribution >= 0.6 is 34.0 Å². The van der Waals surface area contributed by atoms with Crippen LogP contribution in [0.15, 0.2) is 105 Å². The summed E-state index contributed by atoms with van der Waals surface area (Å²) in [6.07, 6.45) is 0. The molecule has 0 aliphatic carbocycles. The van der Waals surface area contributed by atoms with Gasteiger partial charge in [-0.3, -0.25) is 0 Å². The second-order valence-electron chi connectivity index (χ2n) is 10.5. The minimum atomic E-state index is 1.35. The predicted octanol–water partition coefficient (Wildman–Crippen LogP) is 12.2. The Balaban J connectivity index is 1.77. The zero-order chi connectivity index (χ0) is 25.2. The third-order valence-corrected chi connectivity index (χ3v) is 11.0. The second-order valence-corrected chi connectivity index (χ2v) is 12.7. The van der Waals surface area contributed by atoms with Crippen LogP contribution in [0.2, 0.25) is 0 Å². The fraction of sp³-hybridized carbons (Fsp3) is 0. The molecule has 3 aromatic heterocycles. The van der Waals surface area contributed by atoms with Crippen molar-refractivity contribution in [2.24, 2.45) is 0 Å². The number of fused-ring (bicyclic) bond motifs is 21. The molecule has 0 bridgehead atoms. The van der Waals surface area contributed by atoms with Crippen molar-refractivity contribution >= 4 is 131 Å². The van der Waals surface area contributed by atoms with Gasteiger partial charge in [-0.1, -0.05) is 72.8 Å². The Hall–Kier alpha value is -4.02. The topological polar surface area (TPSA) is 0 Å². The number of hydrogen-bond donors (Lipinski definition) is 0. The minimum Gasteiger partial charge on any atom is -0.151 e. The van der Waals surface area contributed by atoms with E-state index in [1.54, 1.807) is 0 Å². The number of benzene rings is 7. The van der Waals surface area contributed by atoms with Crippen LogP contribution in [0.1, 0.15) is 0 Å². The summed E-state index contributed by atoms with van der Waals surface area (Å²) in [5.74, 6) is 0. The van der Waals surface area contributed by atoms with E-state index in [-0.39, 0.29) is 0 Å². The Morgan fingerprint density at radius 3 is 0.769 bits per heavy atom. The van der Waals surface area contributed by atoms with Crippen molar-refractivity contribution in [1.29, 1.82) is 0 Å². The Labute approximate surface area is 234 Å². The summed E-state index contributed by atoms with van der Waals surface area (Å²) in [5, 5.41) is 38.9. The third kappa shape index (κ3) is 2.45. The van der Waals surface area contributed by atoms with Gasteiger partial charge in [0.05, 0.1) is 0 Å². The van der Waals surface area contributed by atoms with Gasteiger partial charge < -0.3 is 0 Å². The molecular formula is C36H18S3. The van der Waals surface area contributed by atoms with Crippen LogP contribution in [0.3, 0.4) is 0 Å². The van der Waals surface area contributed by atoms with Crippen molar-refractivity contribution < 1.29 is 0 Å². The van der Waals surface area contributed by atoms with Crippen molar-refractivity contribution in [3.8, 4) is 0 Å². The number of thiophene rings is 3. The lowest BCUT2D eigenvalue weighted by molar-refractivity contribution is 1.83. The molecule has 0 radical (unpaired) electrons. The highest BCUT2D eigenvalue weighted by Gasteiger charge is 2.23. The van der Waals surface area contributed by atoms with E-state index in [9.17, 15) is 0 Å². The average Bonchev–Trinajstić information content (AvgIpc) is 3.77. The zero-order valence-electron chi connectivity index (χ0n) is 20.6. The molecule has 0 amide bonds. The van der Waals surface area contributed by atoms with Crippen LogP contribution < -0.4 is 0 Å². The average molecular weight is 547 g/mol. The lowest BCUT2D eigenvalue weighted by Gasteiger charge is -2.20. The molecule has 0 saturated heterocycles. The van der Waals surface area contributed by atoms with Gasteiger partial charge in [-0.2, -0.15) is 34.0 Å². The quantitative estimate of drug-likeness (QED) is 0.166. The molecule has 3 heteroatoms. The van der Waals surface area contributed by atoms with Crippen LogP contribution in [0.5, 0.6) is 0 Å². The van der Waals surface area contributed by atoms with E-state index in [1.165, 1.54) is 97.0 Å². The van der Waals surface area contributed by atoms with Gasteiger partial charge in [-0.25, -0.2) is 0 Å². The molecule has 0 unspecified atom stereocenters. The van der Waals surface area contributed by atoms with Gasteiger partial charge in [0.1, 0.15) is 0 Å². The maximum atomic E-state index is 2.38. The van der Waals surface area contributed by atoms with E-state index < -0.39 is 0 Å². The van der Waals surface area contributed by atoms with Crippen LogP contribution in [0, 0.1) is 0 Å². The Morgan fingerprint density at radius 2 is 0.462 bits per heavy atom. The van der Waals surface area contributed by atoms with Gasteiger partial charge in [0.15, 0.2) is 0 Å². The standard InChI is InChI=1S/C36H18S3/c1-4-10-22-19(7-1)25-13-37-16-28(25)34-31(22)35-29-17-38-14-26(29)21-9-3-6-12-24(21)33(35)36-30-18-39-15-27(30)20-8-2-5-11-23(20)32(34)36/h1-18H. The SMILES string of the molecule is c1ccc2c(c1)c1cscc1c1c2c2c3cscc3c3ccccc3c2c2c3cscc3c3ccccc3c12. The first-order valence-electron chi connectivity index (χ1n) is 13.1. The minimum absolute atomic E-state index is 1.35. The molecule has 0 nitrogen and oxygen atoms in total. The first-order valence-corrected chi connectivity index (χ1v) is 16.0. The summed E-state index contributed by atoms with van der Waals surface area (Å²) in [6, 6.07) is 27.2. The van der Waals surface area contributed by atoms with Gasteiger partial charge in [0.2, 0.25) is 0 Å². The predicted molar refractivity (Wildman–Crippen MR) is 178 cm³/mol. The highest BCUT2D eigenvalue weighted by Crippen LogP contribution is 2.53. The lowest BCUT2D eigenvalue weighted by Crippen LogP contribution is -1.91. The van der Waals surface area contributed by atoms with Crippen molar-refractivity contribution in [3.63, 3.8) is 0 Å². The monoisotopic (exact) mass is 546 g/mol. The molecule has 0 atom stereocenters. The summed E-state index contributed by atoms with van der Waals surface area (Å²) in [4.78, 5) is 0. The molecule has 0 spiro atoms. The second kappa shape index (κ2) is 7.34. The van der Waals surface area contributed by atoms with Crippen molar-refractivity contribution in [2.75, 3.05) is 0 Å². The largest absolute Gasteiger partial charge is 0.151 e. The summed E-state index contributed by atoms with van der Waals surface area (Å²) in [5.41, 5.74) is 0. The Kier molecular flexibility index (Phi) is 3.93. The van der Waals surface area contributed by atoms with E-state index in [2.05, 4.69) is 105 Å². The van der Waals surface area contributed by atoms with E-state index >= 15 is 0 Å². The van der Waals surface area contributed by atoms with E-state index in [0.29, 0.717) is 0 Å². The first-order chi connectivity index (χ1) is 19.4. The maximum Gasteiger partial charge on any atom is 0.00150 e. The van der Waals surface area contributed by atoms with Crippen molar-refractivity contribution in [2.45, 2.75) is 0 Å². The normalized spacial score (nSPS) is 12.6. The maximum absolute atomic E-state index is 2.38. The summed E-state index contributed by atoms with van der Waals surface area (Å²) >= 11 is 5.46. The molecule has 3 heterocycles. The molecule has 39 heavy (non-hydrogen) atoms. The van der Waals surface area contributed by atoms with Crippen LogP contribution in [-0.2, 0) is 0 Å². The van der Waals surface area contributed by atoms with Crippen LogP contribution in [-0.4, -0.2) is 0 Å². The Morgan fingerprint density at radius 1 is 0.231 bits per heavy atom. The van der Waals surface area contributed by atoms with Gasteiger partial charge >= 0.3 is 0 Å². The molecule has 10 rings (SSSR count). The van der Waals surface area contributed by atoms with Gasteiger partial charge in [0.25, 0.3) is 0 Å². The highest BCUT2D eigenvalue weighted by atomic mass is 32.1. The molecule has 0 fully saturated rings. The highest BCUT2D eigenvalue weighted by molar-refractivity contribution is 7.10. The molecule has 0 aliphatic heterocycles. The molecule has 10 aromatic rings. The molecule has 0 saturated carbocycles. The number of rotatable bonds is 0. The van der Waals surface area contributed by atoms with Gasteiger partial charge in [0, 0.05) is 48.5 Å². The third-order valence-electron chi connectivity index (χ3n) is 8.75.